The third-order valence-corrected chi connectivity index (χ3v) is 3.55. The normalized spacial score (nSPS) is 14.6. The largest absolute Gasteiger partial charge is 0.481 e. The highest BCUT2D eigenvalue weighted by molar-refractivity contribution is 7.99. The van der Waals surface area contributed by atoms with E-state index in [2.05, 4.69) is 5.32 Å². The first-order chi connectivity index (χ1) is 6.97. The minimum Gasteiger partial charge on any atom is -0.481 e. The summed E-state index contributed by atoms with van der Waals surface area (Å²) in [5.74, 6) is 0.184. The first-order valence-corrected chi connectivity index (χ1v) is 6.10. The van der Waals surface area contributed by atoms with Crippen molar-refractivity contribution in [1.82, 2.24) is 5.32 Å². The maximum Gasteiger partial charge on any atom is 0.304 e. The van der Waals surface area contributed by atoms with Gasteiger partial charge in [-0.1, -0.05) is 0 Å². The van der Waals surface area contributed by atoms with Crippen LogP contribution in [0.1, 0.15) is 20.3 Å². The Morgan fingerprint density at radius 3 is 2.40 bits per heavy atom. The van der Waals surface area contributed by atoms with Gasteiger partial charge in [0, 0.05) is 23.5 Å². The summed E-state index contributed by atoms with van der Waals surface area (Å²) in [7, 11) is 1.88. The maximum absolute atomic E-state index is 11.1. The topological polar surface area (TPSA) is 66.4 Å². The molecule has 2 unspecified atom stereocenters. The fraction of sp³-hybridized carbons (Fsp3) is 0.800. The van der Waals surface area contributed by atoms with E-state index in [-0.39, 0.29) is 18.1 Å². The van der Waals surface area contributed by atoms with Crippen LogP contribution in [0.25, 0.3) is 0 Å². The summed E-state index contributed by atoms with van der Waals surface area (Å²) in [6, 6.07) is 0.382. The summed E-state index contributed by atoms with van der Waals surface area (Å²) in [5, 5.41) is 11.7. The molecule has 0 fully saturated rings. The Bertz CT molecular complexity index is 221. The Balaban J connectivity index is 3.86. The lowest BCUT2D eigenvalue weighted by Gasteiger charge is -2.13. The fourth-order valence-electron chi connectivity index (χ4n) is 1.00. The highest BCUT2D eigenvalue weighted by atomic mass is 32.2. The average molecular weight is 233 g/mol. The van der Waals surface area contributed by atoms with E-state index in [1.54, 1.807) is 11.8 Å². The third kappa shape index (κ3) is 7.39. The molecule has 0 saturated heterocycles. The van der Waals surface area contributed by atoms with Crippen molar-refractivity contribution in [1.29, 1.82) is 0 Å². The lowest BCUT2D eigenvalue weighted by molar-refractivity contribution is -0.140. The quantitative estimate of drug-likeness (QED) is 0.655. The molecule has 0 amide bonds. The number of ketones is 1. The zero-order valence-corrected chi connectivity index (χ0v) is 10.3. The second-order valence-corrected chi connectivity index (χ2v) is 4.71. The van der Waals surface area contributed by atoms with Gasteiger partial charge in [-0.15, -0.1) is 0 Å². The molecule has 88 valence electrons. The molecule has 0 aromatic rings. The minimum atomic E-state index is -0.905. The zero-order valence-electron chi connectivity index (χ0n) is 9.45. The molecule has 2 atom stereocenters. The van der Waals surface area contributed by atoms with Gasteiger partial charge in [-0.25, -0.2) is 0 Å². The first kappa shape index (κ1) is 14.5. The number of hydrogen-bond donors (Lipinski definition) is 2. The van der Waals surface area contributed by atoms with Gasteiger partial charge in [0.05, 0.1) is 6.42 Å². The number of nitrogens with one attached hydrogen (secondary N) is 1. The van der Waals surface area contributed by atoms with Crippen LogP contribution in [-0.2, 0) is 9.59 Å². The van der Waals surface area contributed by atoms with E-state index in [0.717, 1.165) is 5.75 Å². The molecule has 0 aliphatic carbocycles. The van der Waals surface area contributed by atoms with Crippen molar-refractivity contribution < 1.29 is 14.7 Å². The van der Waals surface area contributed by atoms with Crippen molar-refractivity contribution in [3.8, 4) is 0 Å². The van der Waals surface area contributed by atoms with Gasteiger partial charge < -0.3 is 10.4 Å². The Kier molecular flexibility index (Phi) is 7.42. The monoisotopic (exact) mass is 233 g/mol. The Morgan fingerprint density at radius 1 is 1.40 bits per heavy atom. The van der Waals surface area contributed by atoms with Crippen molar-refractivity contribution in [2.45, 2.75) is 26.3 Å². The van der Waals surface area contributed by atoms with Crippen LogP contribution in [-0.4, -0.2) is 41.5 Å². The lowest BCUT2D eigenvalue weighted by Crippen LogP contribution is -2.25. The molecule has 5 heteroatoms. The predicted molar refractivity (Wildman–Crippen MR) is 62.3 cm³/mol. The van der Waals surface area contributed by atoms with Crippen LogP contribution in [0.15, 0.2) is 0 Å². The molecule has 0 spiro atoms. The number of carbonyl (C=O) groups is 2. The fourth-order valence-corrected chi connectivity index (χ4v) is 2.29. The van der Waals surface area contributed by atoms with Gasteiger partial charge >= 0.3 is 5.97 Å². The molecule has 2 N–H and O–H groups in total. The highest BCUT2D eigenvalue weighted by Gasteiger charge is 2.18. The van der Waals surface area contributed by atoms with Crippen LogP contribution in [0, 0.1) is 5.92 Å². The second-order valence-electron chi connectivity index (χ2n) is 3.63. The van der Waals surface area contributed by atoms with E-state index >= 15 is 0 Å². The molecule has 0 heterocycles. The standard InChI is InChI=1S/C10H19NO3S/c1-7(11-3)5-15-6-9(8(2)12)4-10(13)14/h7,9,11H,4-6H2,1-3H3,(H,13,14). The van der Waals surface area contributed by atoms with Gasteiger partial charge in [0.1, 0.15) is 5.78 Å². The molecule has 0 saturated carbocycles. The van der Waals surface area contributed by atoms with Gasteiger partial charge in [-0.05, 0) is 20.9 Å². The summed E-state index contributed by atoms with van der Waals surface area (Å²) in [4.78, 5) is 21.6. The average Bonchev–Trinajstić information content (AvgIpc) is 2.15. The predicted octanol–water partition coefficient (Wildman–Crippen LogP) is 1.01. The minimum absolute atomic E-state index is 0.0398. The molecular formula is C10H19NO3S. The number of Topliss-reactive ketones (excluding diaryl/α,β-unsaturated/α-hetero) is 1. The zero-order chi connectivity index (χ0) is 11.8. The van der Waals surface area contributed by atoms with Crippen LogP contribution in [0.2, 0.25) is 0 Å². The number of rotatable bonds is 8. The molecule has 0 rings (SSSR count). The molecule has 0 aliphatic heterocycles. The van der Waals surface area contributed by atoms with Crippen LogP contribution in [0.4, 0.5) is 0 Å². The number of carboxylic acid groups (broad SMARTS) is 1. The van der Waals surface area contributed by atoms with Gasteiger partial charge in [-0.3, -0.25) is 9.59 Å². The van der Waals surface area contributed by atoms with Gasteiger partial charge in [0.15, 0.2) is 0 Å². The van der Waals surface area contributed by atoms with Crippen molar-refractivity contribution in [2.24, 2.45) is 5.92 Å². The summed E-state index contributed by atoms with van der Waals surface area (Å²) in [6.07, 6.45) is -0.0593. The van der Waals surface area contributed by atoms with Crippen molar-refractivity contribution >= 4 is 23.5 Å². The summed E-state index contributed by atoms with van der Waals surface area (Å²) < 4.78 is 0. The summed E-state index contributed by atoms with van der Waals surface area (Å²) in [5.41, 5.74) is 0. The summed E-state index contributed by atoms with van der Waals surface area (Å²) in [6.45, 7) is 3.50. The summed E-state index contributed by atoms with van der Waals surface area (Å²) >= 11 is 1.62. The SMILES string of the molecule is CNC(C)CSCC(CC(=O)O)C(C)=O. The van der Waals surface area contributed by atoms with Crippen molar-refractivity contribution in [3.05, 3.63) is 0 Å². The van der Waals surface area contributed by atoms with Crippen LogP contribution in [0.3, 0.4) is 0 Å². The van der Waals surface area contributed by atoms with Crippen LogP contribution in [0.5, 0.6) is 0 Å². The number of hydrogen-bond acceptors (Lipinski definition) is 4. The van der Waals surface area contributed by atoms with Crippen LogP contribution >= 0.6 is 11.8 Å². The maximum atomic E-state index is 11.1. The smallest absolute Gasteiger partial charge is 0.304 e. The molecular weight excluding hydrogens is 214 g/mol. The van der Waals surface area contributed by atoms with E-state index < -0.39 is 5.97 Å². The van der Waals surface area contributed by atoms with Gasteiger partial charge in [-0.2, -0.15) is 11.8 Å². The first-order valence-electron chi connectivity index (χ1n) is 4.94. The molecule has 0 radical (unpaired) electrons. The van der Waals surface area contributed by atoms with E-state index in [1.807, 2.05) is 14.0 Å². The van der Waals surface area contributed by atoms with Crippen LogP contribution < -0.4 is 5.32 Å². The van der Waals surface area contributed by atoms with E-state index in [0.29, 0.717) is 11.8 Å². The Morgan fingerprint density at radius 2 is 2.00 bits per heavy atom. The van der Waals surface area contributed by atoms with Crippen molar-refractivity contribution in [2.75, 3.05) is 18.6 Å². The second kappa shape index (κ2) is 7.70. The third-order valence-electron chi connectivity index (χ3n) is 2.18. The molecule has 0 aliphatic rings. The Labute approximate surface area is 94.8 Å². The molecule has 0 aromatic carbocycles. The molecule has 0 aromatic heterocycles. The van der Waals surface area contributed by atoms with Gasteiger partial charge in [0.25, 0.3) is 0 Å². The van der Waals surface area contributed by atoms with E-state index in [1.165, 1.54) is 6.92 Å². The number of thioether (sulfide) groups is 1. The highest BCUT2D eigenvalue weighted by Crippen LogP contribution is 2.14. The van der Waals surface area contributed by atoms with Crippen molar-refractivity contribution in [3.63, 3.8) is 0 Å². The van der Waals surface area contributed by atoms with E-state index in [4.69, 9.17) is 5.11 Å². The molecule has 0 bridgehead atoms. The lowest BCUT2D eigenvalue weighted by atomic mass is 10.0. The number of carbonyl (C=O) groups excluding carboxylic acids is 1. The van der Waals surface area contributed by atoms with Gasteiger partial charge in [0.2, 0.25) is 0 Å². The van der Waals surface area contributed by atoms with E-state index in [9.17, 15) is 9.59 Å². The number of carboxylic acids is 1. The Hall–Kier alpha value is -0.550. The number of aliphatic carboxylic acids is 1. The molecule has 4 nitrogen and oxygen atoms in total. The molecule has 15 heavy (non-hydrogen) atoms.